The summed E-state index contributed by atoms with van der Waals surface area (Å²) in [6.07, 6.45) is 19.3. The molecule has 4 N–H and O–H groups in total. The van der Waals surface area contributed by atoms with Gasteiger partial charge in [0.25, 0.3) is 0 Å². The molecule has 2 aromatic carbocycles. The van der Waals surface area contributed by atoms with Gasteiger partial charge in [-0.3, -0.25) is 14.4 Å². The van der Waals surface area contributed by atoms with Gasteiger partial charge >= 0.3 is 11.9 Å². The molecule has 0 saturated heterocycles. The molecule has 0 aromatic heterocycles. The minimum Gasteiger partial charge on any atom is -0.507 e. The van der Waals surface area contributed by atoms with Crippen molar-refractivity contribution in [3.63, 3.8) is 0 Å². The van der Waals surface area contributed by atoms with Gasteiger partial charge in [-0.25, -0.2) is 0 Å². The highest BCUT2D eigenvalue weighted by atomic mass is 16.4. The van der Waals surface area contributed by atoms with Crippen LogP contribution in [0.5, 0.6) is 11.5 Å². The van der Waals surface area contributed by atoms with Crippen LogP contribution in [0.25, 0.3) is 0 Å². The first-order chi connectivity index (χ1) is 29.7. The molecule has 8 nitrogen and oxygen atoms in total. The molecule has 2 aromatic rings. The number of unbranched alkanes of at least 4 members (excludes halogenated alkanes) is 14. The maximum atomic E-state index is 15.7. The summed E-state index contributed by atoms with van der Waals surface area (Å²) in [7, 11) is 0. The van der Waals surface area contributed by atoms with Crippen LogP contribution in [0.4, 0.5) is 0 Å². The fraction of sp³-hybridized carbons (Fsp3) is 0.732. The van der Waals surface area contributed by atoms with Crippen molar-refractivity contribution in [1.29, 1.82) is 0 Å². The van der Waals surface area contributed by atoms with Crippen molar-refractivity contribution in [3.05, 3.63) is 57.6 Å². The Morgan fingerprint density at radius 1 is 0.500 bits per heavy atom. The van der Waals surface area contributed by atoms with E-state index in [1.807, 2.05) is 107 Å². The number of hydrogen-bond acceptors (Lipinski definition) is 5. The summed E-state index contributed by atoms with van der Waals surface area (Å²) in [6.45, 7) is 26.5. The van der Waals surface area contributed by atoms with Gasteiger partial charge in [0, 0.05) is 6.42 Å². The van der Waals surface area contributed by atoms with Crippen LogP contribution in [-0.2, 0) is 47.1 Å². The van der Waals surface area contributed by atoms with Crippen molar-refractivity contribution < 1.29 is 34.8 Å². The molecule has 64 heavy (non-hydrogen) atoms. The Balaban J connectivity index is 1.85. The quantitative estimate of drug-likeness (QED) is 0.0865. The van der Waals surface area contributed by atoms with E-state index in [-0.39, 0.29) is 23.8 Å². The maximum absolute atomic E-state index is 15.7. The highest BCUT2D eigenvalue weighted by molar-refractivity contribution is 5.85. The van der Waals surface area contributed by atoms with Crippen LogP contribution in [-0.4, -0.2) is 43.2 Å². The molecule has 4 unspecified atom stereocenters. The summed E-state index contributed by atoms with van der Waals surface area (Å²) in [4.78, 5) is 44.9. The molecule has 4 rings (SSSR count). The Morgan fingerprint density at radius 3 is 0.984 bits per heavy atom. The number of nitrogens with zero attached hydrogens (tertiary/aromatic N) is 1. The minimum absolute atomic E-state index is 0.158. The number of amides is 1. The zero-order chi connectivity index (χ0) is 48.1. The van der Waals surface area contributed by atoms with Crippen LogP contribution >= 0.6 is 0 Å². The van der Waals surface area contributed by atoms with Crippen LogP contribution < -0.4 is 0 Å². The molecule has 0 spiro atoms. The van der Waals surface area contributed by atoms with Crippen LogP contribution in [0.1, 0.15) is 252 Å². The zero-order valence-electron chi connectivity index (χ0n) is 42.6. The summed E-state index contributed by atoms with van der Waals surface area (Å²) < 4.78 is 0. The summed E-state index contributed by atoms with van der Waals surface area (Å²) in [6, 6.07) is 7.64. The number of benzene rings is 2. The van der Waals surface area contributed by atoms with Gasteiger partial charge in [0.05, 0.1) is 22.9 Å². The second kappa shape index (κ2) is 21.0. The lowest BCUT2D eigenvalue weighted by Gasteiger charge is -2.65. The highest BCUT2D eigenvalue weighted by Gasteiger charge is 2.68. The molecule has 0 heterocycles. The fourth-order valence-electron chi connectivity index (χ4n) is 10.9. The molecule has 360 valence electrons. The average molecular weight is 888 g/mol. The largest absolute Gasteiger partial charge is 0.507 e. The third kappa shape index (κ3) is 11.5. The summed E-state index contributed by atoms with van der Waals surface area (Å²) in [5.74, 6) is -4.02. The van der Waals surface area contributed by atoms with Crippen LogP contribution in [0.15, 0.2) is 24.3 Å². The molecule has 2 saturated carbocycles. The molecule has 2 aliphatic carbocycles. The minimum atomic E-state index is -1.41. The van der Waals surface area contributed by atoms with Crippen LogP contribution in [0.2, 0.25) is 0 Å². The SMILES string of the molecule is CCCCCCCCCCCCCCCCCC(=O)N(C1(c2cc(C(C)(C)C)c(O)c(C(C)(C)C)c2)CCC1C(=O)O)C1(c2cc(C(C)(C)C)c(O)c(C(C)(C)C)c2)CCC1C(=O)O. The molecule has 0 aliphatic heterocycles. The van der Waals surface area contributed by atoms with Crippen molar-refractivity contribution >= 4 is 17.8 Å². The number of aromatic hydroxyl groups is 2. The van der Waals surface area contributed by atoms with E-state index >= 15 is 4.79 Å². The van der Waals surface area contributed by atoms with Gasteiger partial charge in [-0.2, -0.15) is 0 Å². The normalized spacial score (nSPS) is 21.6. The first-order valence-electron chi connectivity index (χ1n) is 25.2. The van der Waals surface area contributed by atoms with Gasteiger partial charge < -0.3 is 25.3 Å². The van der Waals surface area contributed by atoms with E-state index in [2.05, 4.69) is 6.92 Å². The monoisotopic (exact) mass is 888 g/mol. The summed E-state index contributed by atoms with van der Waals surface area (Å²) in [5, 5.41) is 46.2. The van der Waals surface area contributed by atoms with Crippen molar-refractivity contribution in [3.8, 4) is 11.5 Å². The number of phenolic OH excluding ortho intramolecular Hbond substituents is 2. The fourth-order valence-corrected chi connectivity index (χ4v) is 10.9. The maximum Gasteiger partial charge on any atom is 0.309 e. The zero-order valence-corrected chi connectivity index (χ0v) is 42.6. The van der Waals surface area contributed by atoms with Gasteiger partial charge in [0.15, 0.2) is 0 Å². The van der Waals surface area contributed by atoms with Crippen molar-refractivity contribution in [2.24, 2.45) is 11.8 Å². The van der Waals surface area contributed by atoms with Gasteiger partial charge in [0.1, 0.15) is 11.5 Å². The molecule has 1 amide bonds. The standard InChI is InChI=1S/C56H89NO7/c1-14-15-16-17-18-19-20-21-22-23-24-25-26-27-28-29-46(58)57(55(32-30-40(55)49(61)62)38-34-42(51(2,3)4)47(59)43(35-38)52(5,6)7)56(33-31-41(56)50(63)64)39-36-44(53(8,9)10)48(60)45(37-39)54(11,12)13/h34-37,40-41,59-60H,14-33H2,1-13H3,(H,61,62)(H,63,64). The number of carboxylic acids is 2. The van der Waals surface area contributed by atoms with Gasteiger partial charge in [-0.1, -0.05) is 180 Å². The summed E-state index contributed by atoms with van der Waals surface area (Å²) >= 11 is 0. The van der Waals surface area contributed by atoms with Crippen LogP contribution in [0, 0.1) is 11.8 Å². The first-order valence-corrected chi connectivity index (χ1v) is 25.2. The van der Waals surface area contributed by atoms with E-state index in [4.69, 9.17) is 0 Å². The Morgan fingerprint density at radius 2 is 0.766 bits per heavy atom. The second-order valence-electron chi connectivity index (χ2n) is 24.0. The van der Waals surface area contributed by atoms with Gasteiger partial charge in [0.2, 0.25) is 5.91 Å². The van der Waals surface area contributed by atoms with Crippen molar-refractivity contribution in [2.75, 3.05) is 0 Å². The number of carbonyl (C=O) groups is 3. The van der Waals surface area contributed by atoms with Gasteiger partial charge in [-0.05, 0) is 111 Å². The molecular formula is C56H89NO7. The molecular weight excluding hydrogens is 799 g/mol. The van der Waals surface area contributed by atoms with E-state index in [1.165, 1.54) is 70.6 Å². The predicted octanol–water partition coefficient (Wildman–Crippen LogP) is 14.5. The molecule has 8 heteroatoms. The number of carbonyl (C=O) groups excluding carboxylic acids is 1. The molecule has 2 fully saturated rings. The van der Waals surface area contributed by atoms with E-state index in [0.29, 0.717) is 65.5 Å². The topological polar surface area (TPSA) is 135 Å². The van der Waals surface area contributed by atoms with Gasteiger partial charge in [-0.15, -0.1) is 0 Å². The third-order valence-electron chi connectivity index (χ3n) is 14.9. The average Bonchev–Trinajstić information content (AvgIpc) is 3.13. The second-order valence-corrected chi connectivity index (χ2v) is 24.0. The van der Waals surface area contributed by atoms with E-state index < -0.39 is 56.5 Å². The smallest absolute Gasteiger partial charge is 0.309 e. The highest BCUT2D eigenvalue weighted by Crippen LogP contribution is 2.64. The Kier molecular flexibility index (Phi) is 17.4. The molecule has 4 atom stereocenters. The first kappa shape index (κ1) is 53.1. The van der Waals surface area contributed by atoms with E-state index in [0.717, 1.165) is 19.3 Å². The number of rotatable bonds is 22. The predicted molar refractivity (Wildman–Crippen MR) is 261 cm³/mol. The lowest BCUT2D eigenvalue weighted by atomic mass is 9.54. The van der Waals surface area contributed by atoms with E-state index in [9.17, 15) is 30.0 Å². The van der Waals surface area contributed by atoms with Crippen molar-refractivity contribution in [2.45, 2.75) is 251 Å². The lowest BCUT2D eigenvalue weighted by Crippen LogP contribution is -2.72. The Labute approximate surface area is 388 Å². The number of hydrogen-bond donors (Lipinski definition) is 4. The third-order valence-corrected chi connectivity index (χ3v) is 14.9. The number of phenols is 2. The van der Waals surface area contributed by atoms with Crippen molar-refractivity contribution in [1.82, 2.24) is 4.90 Å². The number of carboxylic acid groups (broad SMARTS) is 2. The molecule has 2 aliphatic rings. The van der Waals surface area contributed by atoms with E-state index in [1.54, 1.807) is 4.90 Å². The molecule has 0 bridgehead atoms. The number of aliphatic carboxylic acids is 2. The summed E-state index contributed by atoms with van der Waals surface area (Å²) in [5.41, 5.74) is -1.08. The van der Waals surface area contributed by atoms with Crippen LogP contribution in [0.3, 0.4) is 0 Å². The molecule has 0 radical (unpaired) electrons. The Bertz CT molecular complexity index is 1730. The Hall–Kier alpha value is -3.55. The lowest BCUT2D eigenvalue weighted by molar-refractivity contribution is -0.202.